The lowest BCUT2D eigenvalue weighted by molar-refractivity contribution is -0.123. The second-order valence-corrected chi connectivity index (χ2v) is 6.59. The maximum absolute atomic E-state index is 12.8. The molecule has 27 heavy (non-hydrogen) atoms. The summed E-state index contributed by atoms with van der Waals surface area (Å²) in [5.41, 5.74) is -0.132. The molecule has 0 atom stereocenters. The summed E-state index contributed by atoms with van der Waals surface area (Å²) in [6.45, 7) is 4.68. The van der Waals surface area contributed by atoms with E-state index in [1.807, 2.05) is 0 Å². The summed E-state index contributed by atoms with van der Waals surface area (Å²) in [5, 5.41) is 7.05. The number of amides is 1. The van der Waals surface area contributed by atoms with Gasteiger partial charge in [0.2, 0.25) is 0 Å². The molecule has 0 spiro atoms. The number of hydrogen-bond acceptors (Lipinski definition) is 5. The molecule has 0 aliphatic heterocycles. The Morgan fingerprint density at radius 2 is 1.78 bits per heavy atom. The Bertz CT molecular complexity index is 1030. The second kappa shape index (κ2) is 7.03. The number of carbonyl (C=O) groups excluding carboxylic acids is 2. The number of furan rings is 1. The van der Waals surface area contributed by atoms with Crippen LogP contribution in [0.15, 0.2) is 64.0 Å². The highest BCUT2D eigenvalue weighted by Gasteiger charge is 2.32. The molecular formula is C20H19N3O4. The van der Waals surface area contributed by atoms with Crippen LogP contribution < -0.4 is 10.9 Å². The van der Waals surface area contributed by atoms with Crippen molar-refractivity contribution in [1.82, 2.24) is 9.78 Å². The summed E-state index contributed by atoms with van der Waals surface area (Å²) in [5.74, 6) is 0.0303. The Hall–Kier alpha value is -3.48. The maximum Gasteiger partial charge on any atom is 0.267 e. The number of nitrogens with zero attached hydrogens (tertiary/aromatic N) is 2. The molecule has 1 amide bonds. The monoisotopic (exact) mass is 365 g/mol. The molecule has 2 aromatic heterocycles. The van der Waals surface area contributed by atoms with Gasteiger partial charge in [-0.15, -0.1) is 0 Å². The first kappa shape index (κ1) is 18.3. The summed E-state index contributed by atoms with van der Waals surface area (Å²) in [6, 6.07) is 12.9. The van der Waals surface area contributed by atoms with Gasteiger partial charge < -0.3 is 9.73 Å². The van der Waals surface area contributed by atoms with E-state index in [-0.39, 0.29) is 5.78 Å². The summed E-state index contributed by atoms with van der Waals surface area (Å²) < 4.78 is 6.44. The molecule has 2 heterocycles. The molecule has 0 unspecified atom stereocenters. The number of Topliss-reactive ketones (excluding diaryl/α,β-unsaturated/α-hetero) is 1. The third kappa shape index (κ3) is 3.72. The minimum atomic E-state index is -1.25. The van der Waals surface area contributed by atoms with Gasteiger partial charge in [0.1, 0.15) is 11.2 Å². The Labute approximate surface area is 155 Å². The van der Waals surface area contributed by atoms with Gasteiger partial charge in [0.15, 0.2) is 11.5 Å². The molecule has 0 radical (unpaired) electrons. The molecular weight excluding hydrogens is 346 g/mol. The fourth-order valence-electron chi connectivity index (χ4n) is 2.54. The molecule has 7 nitrogen and oxygen atoms in total. The van der Waals surface area contributed by atoms with E-state index >= 15 is 0 Å². The quantitative estimate of drug-likeness (QED) is 0.701. The van der Waals surface area contributed by atoms with Gasteiger partial charge in [-0.3, -0.25) is 14.4 Å². The number of benzene rings is 1. The Balaban J connectivity index is 1.89. The lowest BCUT2D eigenvalue weighted by Gasteiger charge is -2.25. The van der Waals surface area contributed by atoms with Crippen molar-refractivity contribution < 1.29 is 14.0 Å². The van der Waals surface area contributed by atoms with Crippen LogP contribution in [0.25, 0.3) is 11.5 Å². The molecule has 0 aliphatic rings. The zero-order chi connectivity index (χ0) is 19.6. The van der Waals surface area contributed by atoms with E-state index in [2.05, 4.69) is 10.4 Å². The lowest BCUT2D eigenvalue weighted by atomic mass is 10.0. The van der Waals surface area contributed by atoms with Gasteiger partial charge in [-0.25, -0.2) is 4.68 Å². The van der Waals surface area contributed by atoms with Crippen LogP contribution in [0.1, 0.15) is 31.1 Å². The largest absolute Gasteiger partial charge is 0.463 e. The van der Waals surface area contributed by atoms with Crippen molar-refractivity contribution in [3.05, 3.63) is 70.7 Å². The highest BCUT2D eigenvalue weighted by atomic mass is 16.3. The maximum atomic E-state index is 12.8. The molecule has 3 aromatic rings. The first-order valence-corrected chi connectivity index (χ1v) is 8.36. The van der Waals surface area contributed by atoms with Crippen molar-refractivity contribution in [2.75, 3.05) is 5.32 Å². The van der Waals surface area contributed by atoms with Crippen molar-refractivity contribution in [1.29, 1.82) is 0 Å². The van der Waals surface area contributed by atoms with E-state index in [4.69, 9.17) is 4.42 Å². The predicted molar refractivity (Wildman–Crippen MR) is 101 cm³/mol. The van der Waals surface area contributed by atoms with Crippen molar-refractivity contribution in [3.63, 3.8) is 0 Å². The van der Waals surface area contributed by atoms with E-state index in [0.29, 0.717) is 22.7 Å². The third-order valence-corrected chi connectivity index (χ3v) is 4.21. The number of anilines is 1. The van der Waals surface area contributed by atoms with Crippen LogP contribution in [0, 0.1) is 0 Å². The van der Waals surface area contributed by atoms with Crippen LogP contribution in [0.3, 0.4) is 0 Å². The fraction of sp³-hybridized carbons (Fsp3) is 0.200. The van der Waals surface area contributed by atoms with Gasteiger partial charge in [0.25, 0.3) is 11.5 Å². The zero-order valence-electron chi connectivity index (χ0n) is 15.2. The average Bonchev–Trinajstić information content (AvgIpc) is 3.17. The Morgan fingerprint density at radius 1 is 1.07 bits per heavy atom. The molecule has 7 heteroatoms. The van der Waals surface area contributed by atoms with E-state index in [9.17, 15) is 14.4 Å². The number of rotatable bonds is 5. The highest BCUT2D eigenvalue weighted by molar-refractivity contribution is 5.97. The summed E-state index contributed by atoms with van der Waals surface area (Å²) in [7, 11) is 0. The summed E-state index contributed by atoms with van der Waals surface area (Å²) >= 11 is 0. The molecule has 0 saturated carbocycles. The standard InChI is InChI=1S/C20H19N3O4/c1-13(24)14-6-8-15(9-7-14)21-19(26)20(2,3)23-18(25)11-10-16(22-23)17-5-4-12-27-17/h4-12H,1-3H3,(H,21,26). The molecule has 0 bridgehead atoms. The number of aromatic nitrogens is 2. The van der Waals surface area contributed by atoms with Crippen LogP contribution in [0.2, 0.25) is 0 Å². The topological polar surface area (TPSA) is 94.2 Å². The summed E-state index contributed by atoms with van der Waals surface area (Å²) in [6.07, 6.45) is 1.51. The number of carbonyl (C=O) groups is 2. The molecule has 1 N–H and O–H groups in total. The van der Waals surface area contributed by atoms with Crippen molar-refractivity contribution in [2.24, 2.45) is 0 Å². The minimum Gasteiger partial charge on any atom is -0.463 e. The van der Waals surface area contributed by atoms with Crippen LogP contribution in [0.4, 0.5) is 5.69 Å². The first-order chi connectivity index (χ1) is 12.8. The molecule has 0 aliphatic carbocycles. The predicted octanol–water partition coefficient (Wildman–Crippen LogP) is 3.08. The van der Waals surface area contributed by atoms with Crippen LogP contribution in [-0.2, 0) is 10.3 Å². The van der Waals surface area contributed by atoms with Gasteiger partial charge in [-0.05, 0) is 63.2 Å². The Kier molecular flexibility index (Phi) is 4.77. The van der Waals surface area contributed by atoms with E-state index in [1.165, 1.54) is 19.3 Å². The van der Waals surface area contributed by atoms with Crippen molar-refractivity contribution in [2.45, 2.75) is 26.3 Å². The van der Waals surface area contributed by atoms with E-state index < -0.39 is 17.0 Å². The number of ketones is 1. The van der Waals surface area contributed by atoms with Crippen molar-refractivity contribution in [3.8, 4) is 11.5 Å². The number of hydrogen-bond donors (Lipinski definition) is 1. The van der Waals surface area contributed by atoms with Crippen LogP contribution in [0.5, 0.6) is 0 Å². The van der Waals surface area contributed by atoms with Gasteiger partial charge in [0.05, 0.1) is 6.26 Å². The number of nitrogens with one attached hydrogen (secondary N) is 1. The smallest absolute Gasteiger partial charge is 0.267 e. The molecule has 1 aromatic carbocycles. The molecule has 3 rings (SSSR count). The van der Waals surface area contributed by atoms with Gasteiger partial charge in [-0.2, -0.15) is 5.10 Å². The molecule has 0 saturated heterocycles. The van der Waals surface area contributed by atoms with Crippen LogP contribution >= 0.6 is 0 Å². The van der Waals surface area contributed by atoms with Crippen molar-refractivity contribution >= 4 is 17.4 Å². The average molecular weight is 365 g/mol. The second-order valence-electron chi connectivity index (χ2n) is 6.59. The minimum absolute atomic E-state index is 0.0568. The van der Waals surface area contributed by atoms with Gasteiger partial charge in [-0.1, -0.05) is 0 Å². The third-order valence-electron chi connectivity index (χ3n) is 4.21. The van der Waals surface area contributed by atoms with Crippen LogP contribution in [-0.4, -0.2) is 21.5 Å². The molecule has 138 valence electrons. The zero-order valence-corrected chi connectivity index (χ0v) is 15.2. The fourth-order valence-corrected chi connectivity index (χ4v) is 2.54. The first-order valence-electron chi connectivity index (χ1n) is 8.36. The SMILES string of the molecule is CC(=O)c1ccc(NC(=O)C(C)(C)n2nc(-c3ccco3)ccc2=O)cc1. The van der Waals surface area contributed by atoms with Gasteiger partial charge >= 0.3 is 0 Å². The van der Waals surface area contributed by atoms with Gasteiger partial charge in [0, 0.05) is 17.3 Å². The highest BCUT2D eigenvalue weighted by Crippen LogP contribution is 2.20. The normalized spacial score (nSPS) is 11.2. The summed E-state index contributed by atoms with van der Waals surface area (Å²) in [4.78, 5) is 36.5. The van der Waals surface area contributed by atoms with E-state index in [0.717, 1.165) is 4.68 Å². The van der Waals surface area contributed by atoms with E-state index in [1.54, 1.807) is 56.3 Å². The molecule has 0 fully saturated rings. The lowest BCUT2D eigenvalue weighted by Crippen LogP contribution is -2.47. The Morgan fingerprint density at radius 3 is 2.37 bits per heavy atom.